The van der Waals surface area contributed by atoms with Crippen LogP contribution in [0.4, 0.5) is 0 Å². The average Bonchev–Trinajstić information content (AvgIpc) is 2.68. The number of nitrogens with one attached hydrogen (secondary N) is 1. The quantitative estimate of drug-likeness (QED) is 0.920. The second-order valence-electron chi connectivity index (χ2n) is 4.43. The van der Waals surface area contributed by atoms with Crippen LogP contribution in [0.1, 0.15) is 25.2 Å². The maximum atomic E-state index is 5.95. The van der Waals surface area contributed by atoms with E-state index in [0.717, 1.165) is 11.4 Å². The van der Waals surface area contributed by atoms with Gasteiger partial charge in [0.25, 0.3) is 0 Å². The van der Waals surface area contributed by atoms with Crippen LogP contribution in [-0.2, 0) is 6.54 Å². The van der Waals surface area contributed by atoms with Crippen LogP contribution in [0.3, 0.4) is 0 Å². The van der Waals surface area contributed by atoms with Gasteiger partial charge < -0.3 is 5.32 Å². The van der Waals surface area contributed by atoms with Crippen molar-refractivity contribution in [2.24, 2.45) is 0 Å². The number of rotatable bonds is 4. The highest BCUT2D eigenvalue weighted by Gasteiger charge is 2.05. The van der Waals surface area contributed by atoms with E-state index in [-0.39, 0.29) is 0 Å². The SMILES string of the molecule is Cc1nn(-c2ccc(CNC(C)C)nn2)cc1Cl. The van der Waals surface area contributed by atoms with Crippen molar-refractivity contribution in [1.29, 1.82) is 0 Å². The first-order valence-corrected chi connectivity index (χ1v) is 6.22. The number of nitrogens with zero attached hydrogens (tertiary/aromatic N) is 4. The van der Waals surface area contributed by atoms with Crippen LogP contribution in [-0.4, -0.2) is 26.0 Å². The molecular formula is C12H16ClN5. The molecule has 0 aliphatic rings. The first-order chi connectivity index (χ1) is 8.56. The van der Waals surface area contributed by atoms with Crippen LogP contribution in [0.15, 0.2) is 18.3 Å². The topological polar surface area (TPSA) is 55.6 Å². The van der Waals surface area contributed by atoms with Crippen molar-refractivity contribution in [2.45, 2.75) is 33.4 Å². The van der Waals surface area contributed by atoms with Crippen LogP contribution in [0, 0.1) is 6.92 Å². The van der Waals surface area contributed by atoms with Crippen LogP contribution in [0.2, 0.25) is 5.02 Å². The summed E-state index contributed by atoms with van der Waals surface area (Å²) in [5, 5.41) is 16.4. The normalized spacial score (nSPS) is 11.2. The molecule has 0 bridgehead atoms. The minimum atomic E-state index is 0.430. The number of halogens is 1. The third kappa shape index (κ3) is 3.05. The Morgan fingerprint density at radius 1 is 1.33 bits per heavy atom. The molecule has 2 heterocycles. The van der Waals surface area contributed by atoms with Crippen molar-refractivity contribution < 1.29 is 0 Å². The van der Waals surface area contributed by atoms with Gasteiger partial charge in [-0.2, -0.15) is 10.2 Å². The number of aromatic nitrogens is 4. The van der Waals surface area contributed by atoms with E-state index in [4.69, 9.17) is 11.6 Å². The maximum Gasteiger partial charge on any atom is 0.175 e. The molecule has 2 aromatic rings. The fourth-order valence-corrected chi connectivity index (χ4v) is 1.56. The second kappa shape index (κ2) is 5.46. The predicted octanol–water partition coefficient (Wildman–Crippen LogP) is 2.12. The molecule has 0 aromatic carbocycles. The zero-order valence-electron chi connectivity index (χ0n) is 10.7. The van der Waals surface area contributed by atoms with E-state index < -0.39 is 0 Å². The van der Waals surface area contributed by atoms with Crippen molar-refractivity contribution in [3.05, 3.63) is 34.7 Å². The van der Waals surface area contributed by atoms with E-state index in [0.29, 0.717) is 23.4 Å². The van der Waals surface area contributed by atoms with E-state index in [1.54, 1.807) is 10.9 Å². The minimum absolute atomic E-state index is 0.430. The fraction of sp³-hybridized carbons (Fsp3) is 0.417. The highest BCUT2D eigenvalue weighted by molar-refractivity contribution is 6.31. The van der Waals surface area contributed by atoms with Gasteiger partial charge in [-0.05, 0) is 19.1 Å². The summed E-state index contributed by atoms with van der Waals surface area (Å²) < 4.78 is 1.63. The lowest BCUT2D eigenvalue weighted by Gasteiger charge is -2.07. The molecule has 0 saturated carbocycles. The largest absolute Gasteiger partial charge is 0.309 e. The lowest BCUT2D eigenvalue weighted by molar-refractivity contribution is 0.576. The maximum absolute atomic E-state index is 5.95. The highest BCUT2D eigenvalue weighted by Crippen LogP contribution is 2.14. The summed E-state index contributed by atoms with van der Waals surface area (Å²) in [7, 11) is 0. The van der Waals surface area contributed by atoms with Gasteiger partial charge in [0.1, 0.15) is 0 Å². The second-order valence-corrected chi connectivity index (χ2v) is 4.83. The summed E-state index contributed by atoms with van der Waals surface area (Å²) in [5.74, 6) is 0.665. The summed E-state index contributed by atoms with van der Waals surface area (Å²) in [4.78, 5) is 0. The Morgan fingerprint density at radius 2 is 2.11 bits per heavy atom. The fourth-order valence-electron chi connectivity index (χ4n) is 1.43. The Hall–Kier alpha value is -1.46. The van der Waals surface area contributed by atoms with Crippen molar-refractivity contribution >= 4 is 11.6 Å². The Kier molecular flexibility index (Phi) is 3.93. The molecular weight excluding hydrogens is 250 g/mol. The Balaban J connectivity index is 2.12. The molecule has 2 aromatic heterocycles. The predicted molar refractivity (Wildman–Crippen MR) is 70.9 cm³/mol. The molecule has 2 rings (SSSR count). The van der Waals surface area contributed by atoms with Gasteiger partial charge in [0.05, 0.1) is 22.6 Å². The summed E-state index contributed by atoms with van der Waals surface area (Å²) in [5.41, 5.74) is 1.69. The first-order valence-electron chi connectivity index (χ1n) is 5.84. The lowest BCUT2D eigenvalue weighted by atomic mass is 10.3. The standard InChI is InChI=1S/C12H16ClN5/c1-8(2)14-6-10-4-5-12(16-15-10)18-7-11(13)9(3)17-18/h4-5,7-8,14H,6H2,1-3H3. The number of hydrogen-bond acceptors (Lipinski definition) is 4. The molecule has 0 aliphatic heterocycles. The van der Waals surface area contributed by atoms with E-state index in [2.05, 4.69) is 34.5 Å². The zero-order chi connectivity index (χ0) is 13.1. The van der Waals surface area contributed by atoms with Crippen molar-refractivity contribution in [3.8, 4) is 5.82 Å². The molecule has 0 fully saturated rings. The molecule has 96 valence electrons. The van der Waals surface area contributed by atoms with E-state index in [9.17, 15) is 0 Å². The van der Waals surface area contributed by atoms with E-state index in [1.165, 1.54) is 0 Å². The molecule has 0 atom stereocenters. The molecule has 0 radical (unpaired) electrons. The van der Waals surface area contributed by atoms with Crippen LogP contribution in [0.25, 0.3) is 5.82 Å². The molecule has 6 heteroatoms. The van der Waals surface area contributed by atoms with Crippen LogP contribution >= 0.6 is 11.6 Å². The number of hydrogen-bond donors (Lipinski definition) is 1. The summed E-state index contributed by atoms with van der Waals surface area (Å²) in [6.45, 7) is 6.75. The highest BCUT2D eigenvalue weighted by atomic mass is 35.5. The van der Waals surface area contributed by atoms with Crippen molar-refractivity contribution in [2.75, 3.05) is 0 Å². The van der Waals surface area contributed by atoms with Gasteiger partial charge in [0.2, 0.25) is 0 Å². The monoisotopic (exact) mass is 265 g/mol. The van der Waals surface area contributed by atoms with E-state index >= 15 is 0 Å². The Morgan fingerprint density at radius 3 is 2.61 bits per heavy atom. The molecule has 0 amide bonds. The molecule has 5 nitrogen and oxygen atoms in total. The minimum Gasteiger partial charge on any atom is -0.309 e. The van der Waals surface area contributed by atoms with Crippen molar-refractivity contribution in [3.63, 3.8) is 0 Å². The van der Waals surface area contributed by atoms with Gasteiger partial charge in [-0.1, -0.05) is 25.4 Å². The number of aryl methyl sites for hydroxylation is 1. The van der Waals surface area contributed by atoms with Gasteiger partial charge in [-0.25, -0.2) is 4.68 Å². The van der Waals surface area contributed by atoms with Gasteiger partial charge in [0, 0.05) is 12.6 Å². The third-order valence-corrected chi connectivity index (χ3v) is 2.84. The molecule has 18 heavy (non-hydrogen) atoms. The molecule has 0 unspecified atom stereocenters. The van der Waals surface area contributed by atoms with Gasteiger partial charge in [-0.15, -0.1) is 5.10 Å². The van der Waals surface area contributed by atoms with E-state index in [1.807, 2.05) is 19.1 Å². The average molecular weight is 266 g/mol. The Bertz CT molecular complexity index is 498. The van der Waals surface area contributed by atoms with Crippen molar-refractivity contribution in [1.82, 2.24) is 25.3 Å². The zero-order valence-corrected chi connectivity index (χ0v) is 11.4. The lowest BCUT2D eigenvalue weighted by Crippen LogP contribution is -2.22. The summed E-state index contributed by atoms with van der Waals surface area (Å²) >= 11 is 5.95. The molecule has 0 aliphatic carbocycles. The van der Waals surface area contributed by atoms with Crippen LogP contribution < -0.4 is 5.32 Å². The molecule has 1 N–H and O–H groups in total. The van der Waals surface area contributed by atoms with Crippen LogP contribution in [0.5, 0.6) is 0 Å². The first kappa shape index (κ1) is 13.0. The smallest absolute Gasteiger partial charge is 0.175 e. The van der Waals surface area contributed by atoms with Gasteiger partial charge in [0.15, 0.2) is 5.82 Å². The third-order valence-electron chi connectivity index (χ3n) is 2.47. The summed E-state index contributed by atoms with van der Waals surface area (Å²) in [6.07, 6.45) is 1.73. The summed E-state index contributed by atoms with van der Waals surface area (Å²) in [6, 6.07) is 4.24. The molecule has 0 saturated heterocycles. The van der Waals surface area contributed by atoms with Gasteiger partial charge in [-0.3, -0.25) is 0 Å². The Labute approximate surface area is 111 Å². The molecule has 0 spiro atoms. The van der Waals surface area contributed by atoms with Gasteiger partial charge >= 0.3 is 0 Å².